The van der Waals surface area contributed by atoms with Crippen molar-refractivity contribution in [3.8, 4) is 10.6 Å². The Labute approximate surface area is 102 Å². The number of thiazole rings is 1. The molecule has 0 aliphatic carbocycles. The third-order valence-electron chi connectivity index (χ3n) is 2.48. The van der Waals surface area contributed by atoms with Gasteiger partial charge in [0.05, 0.1) is 16.7 Å². The van der Waals surface area contributed by atoms with Crippen LogP contribution in [0.15, 0.2) is 36.0 Å². The minimum Gasteiger partial charge on any atom is -0.325 e. The maximum Gasteiger partial charge on any atom is 0.123 e. The smallest absolute Gasteiger partial charge is 0.123 e. The van der Waals surface area contributed by atoms with Crippen LogP contribution >= 0.6 is 11.3 Å². The van der Waals surface area contributed by atoms with Crippen LogP contribution in [0.25, 0.3) is 21.6 Å². The van der Waals surface area contributed by atoms with Crippen molar-refractivity contribution in [2.24, 2.45) is 5.73 Å². The summed E-state index contributed by atoms with van der Waals surface area (Å²) in [5.41, 5.74) is 9.31. The quantitative estimate of drug-likeness (QED) is 0.748. The third kappa shape index (κ3) is 1.90. The summed E-state index contributed by atoms with van der Waals surface area (Å²) in [7, 11) is 0. The Morgan fingerprint density at radius 1 is 1.12 bits per heavy atom. The van der Waals surface area contributed by atoms with E-state index in [2.05, 4.69) is 15.0 Å². The second-order valence-corrected chi connectivity index (χ2v) is 4.47. The molecule has 4 nitrogen and oxygen atoms in total. The molecule has 17 heavy (non-hydrogen) atoms. The Hall–Kier alpha value is -1.85. The summed E-state index contributed by atoms with van der Waals surface area (Å²) >= 11 is 1.60. The highest BCUT2D eigenvalue weighted by atomic mass is 32.1. The van der Waals surface area contributed by atoms with E-state index in [4.69, 9.17) is 5.73 Å². The van der Waals surface area contributed by atoms with E-state index >= 15 is 0 Å². The topological polar surface area (TPSA) is 64.7 Å². The van der Waals surface area contributed by atoms with Gasteiger partial charge < -0.3 is 5.73 Å². The number of nitrogens with two attached hydrogens (primary N) is 1. The first-order valence-corrected chi connectivity index (χ1v) is 6.10. The molecule has 0 atom stereocenters. The molecule has 0 unspecified atom stereocenters. The minimum absolute atomic E-state index is 0.476. The predicted octanol–water partition coefficient (Wildman–Crippen LogP) is 2.21. The normalized spacial score (nSPS) is 10.9. The van der Waals surface area contributed by atoms with Gasteiger partial charge in [-0.25, -0.2) is 4.98 Å². The standard InChI is InChI=1S/C12H10N4S/c13-6-9-7-17-12(16-9)8-1-2-10-11(5-8)15-4-3-14-10/h1-5,7H,6,13H2. The number of nitrogens with zero attached hydrogens (tertiary/aromatic N) is 3. The van der Waals surface area contributed by atoms with Gasteiger partial charge in [0.15, 0.2) is 0 Å². The minimum atomic E-state index is 0.476. The lowest BCUT2D eigenvalue weighted by Gasteiger charge is -1.98. The first-order chi connectivity index (χ1) is 8.36. The molecule has 3 rings (SSSR count). The van der Waals surface area contributed by atoms with Crippen LogP contribution < -0.4 is 5.73 Å². The van der Waals surface area contributed by atoms with Crippen LogP contribution in [0.5, 0.6) is 0 Å². The Morgan fingerprint density at radius 3 is 2.71 bits per heavy atom. The second kappa shape index (κ2) is 4.20. The van der Waals surface area contributed by atoms with Crippen molar-refractivity contribution < 1.29 is 0 Å². The molecule has 2 heterocycles. The molecular weight excluding hydrogens is 232 g/mol. The van der Waals surface area contributed by atoms with E-state index < -0.39 is 0 Å². The summed E-state index contributed by atoms with van der Waals surface area (Å²) in [5, 5.41) is 2.95. The lowest BCUT2D eigenvalue weighted by atomic mass is 10.2. The zero-order valence-corrected chi connectivity index (χ0v) is 9.81. The zero-order valence-electron chi connectivity index (χ0n) is 9.00. The Morgan fingerprint density at radius 2 is 1.94 bits per heavy atom. The van der Waals surface area contributed by atoms with Crippen molar-refractivity contribution in [2.75, 3.05) is 0 Å². The molecule has 0 aliphatic heterocycles. The monoisotopic (exact) mass is 242 g/mol. The van der Waals surface area contributed by atoms with Crippen LogP contribution in [-0.4, -0.2) is 15.0 Å². The lowest BCUT2D eigenvalue weighted by molar-refractivity contribution is 1.01. The molecule has 5 heteroatoms. The maximum absolute atomic E-state index is 5.55. The molecule has 0 amide bonds. The Bertz CT molecular complexity index is 662. The average Bonchev–Trinajstić information content (AvgIpc) is 2.87. The van der Waals surface area contributed by atoms with Gasteiger partial charge in [-0.3, -0.25) is 9.97 Å². The first-order valence-electron chi connectivity index (χ1n) is 5.22. The largest absolute Gasteiger partial charge is 0.325 e. The van der Waals surface area contributed by atoms with E-state index in [1.165, 1.54) is 0 Å². The molecule has 3 aromatic rings. The van der Waals surface area contributed by atoms with Crippen LogP contribution in [0.3, 0.4) is 0 Å². The molecule has 0 saturated carbocycles. The van der Waals surface area contributed by atoms with Crippen molar-refractivity contribution in [3.63, 3.8) is 0 Å². The number of hydrogen-bond donors (Lipinski definition) is 1. The zero-order chi connectivity index (χ0) is 11.7. The summed E-state index contributed by atoms with van der Waals surface area (Å²) < 4.78 is 0. The summed E-state index contributed by atoms with van der Waals surface area (Å²) in [6.45, 7) is 0.476. The Kier molecular flexibility index (Phi) is 2.55. The third-order valence-corrected chi connectivity index (χ3v) is 3.42. The summed E-state index contributed by atoms with van der Waals surface area (Å²) in [6.07, 6.45) is 3.39. The molecule has 0 fully saturated rings. The van der Waals surface area contributed by atoms with Crippen molar-refractivity contribution in [1.29, 1.82) is 0 Å². The first kappa shape index (κ1) is 10.3. The predicted molar refractivity (Wildman–Crippen MR) is 68.5 cm³/mol. The Balaban J connectivity index is 2.11. The van der Waals surface area contributed by atoms with E-state index in [1.54, 1.807) is 23.7 Å². The average molecular weight is 242 g/mol. The van der Waals surface area contributed by atoms with Gasteiger partial charge in [0.25, 0.3) is 0 Å². The number of benzene rings is 1. The fraction of sp³-hybridized carbons (Fsp3) is 0.0833. The summed E-state index contributed by atoms with van der Waals surface area (Å²) in [6, 6.07) is 5.97. The van der Waals surface area contributed by atoms with Gasteiger partial charge in [0, 0.05) is 29.9 Å². The molecule has 0 bridgehead atoms. The van der Waals surface area contributed by atoms with Gasteiger partial charge in [-0.2, -0.15) is 0 Å². The van der Waals surface area contributed by atoms with Crippen LogP contribution in [0, 0.1) is 0 Å². The lowest BCUT2D eigenvalue weighted by Crippen LogP contribution is -1.95. The van der Waals surface area contributed by atoms with E-state index in [0.29, 0.717) is 6.54 Å². The van der Waals surface area contributed by atoms with Crippen LogP contribution in [0.1, 0.15) is 5.69 Å². The molecule has 0 aliphatic rings. The number of fused-ring (bicyclic) bond motifs is 1. The fourth-order valence-electron chi connectivity index (χ4n) is 1.63. The number of rotatable bonds is 2. The molecule has 84 valence electrons. The van der Waals surface area contributed by atoms with Gasteiger partial charge in [-0.05, 0) is 18.2 Å². The van der Waals surface area contributed by atoms with Gasteiger partial charge in [0.2, 0.25) is 0 Å². The number of hydrogen-bond acceptors (Lipinski definition) is 5. The van der Waals surface area contributed by atoms with E-state index in [-0.39, 0.29) is 0 Å². The molecule has 0 spiro atoms. The molecule has 0 saturated heterocycles. The highest BCUT2D eigenvalue weighted by molar-refractivity contribution is 7.13. The molecule has 0 radical (unpaired) electrons. The highest BCUT2D eigenvalue weighted by Gasteiger charge is 2.05. The summed E-state index contributed by atoms with van der Waals surface area (Å²) in [4.78, 5) is 13.0. The van der Waals surface area contributed by atoms with Gasteiger partial charge in [-0.1, -0.05) is 0 Å². The van der Waals surface area contributed by atoms with Crippen molar-refractivity contribution in [2.45, 2.75) is 6.54 Å². The maximum atomic E-state index is 5.55. The molecule has 2 aromatic heterocycles. The van der Waals surface area contributed by atoms with E-state index in [1.807, 2.05) is 23.6 Å². The number of aromatic nitrogens is 3. The van der Waals surface area contributed by atoms with Crippen molar-refractivity contribution in [3.05, 3.63) is 41.7 Å². The van der Waals surface area contributed by atoms with Gasteiger partial charge in [0.1, 0.15) is 5.01 Å². The van der Waals surface area contributed by atoms with Crippen molar-refractivity contribution >= 4 is 22.4 Å². The van der Waals surface area contributed by atoms with Gasteiger partial charge >= 0.3 is 0 Å². The summed E-state index contributed by atoms with van der Waals surface area (Å²) in [5.74, 6) is 0. The fourth-order valence-corrected chi connectivity index (χ4v) is 2.46. The van der Waals surface area contributed by atoms with Crippen molar-refractivity contribution in [1.82, 2.24) is 15.0 Å². The van der Waals surface area contributed by atoms with Gasteiger partial charge in [-0.15, -0.1) is 11.3 Å². The van der Waals surface area contributed by atoms with Crippen LogP contribution in [0.2, 0.25) is 0 Å². The van der Waals surface area contributed by atoms with Crippen LogP contribution in [-0.2, 0) is 6.54 Å². The van der Waals surface area contributed by atoms with E-state index in [9.17, 15) is 0 Å². The molecule has 2 N–H and O–H groups in total. The molecular formula is C12H10N4S. The van der Waals surface area contributed by atoms with Crippen LogP contribution in [0.4, 0.5) is 0 Å². The second-order valence-electron chi connectivity index (χ2n) is 3.61. The SMILES string of the molecule is NCc1csc(-c2ccc3nccnc3c2)n1. The highest BCUT2D eigenvalue weighted by Crippen LogP contribution is 2.25. The van der Waals surface area contributed by atoms with E-state index in [0.717, 1.165) is 27.3 Å². The molecule has 1 aromatic carbocycles.